The fraction of sp³-hybridized carbons (Fsp3) is 0.318. The molecule has 31 heavy (non-hydrogen) atoms. The first-order chi connectivity index (χ1) is 14.9. The maximum atomic E-state index is 14.4. The number of carbonyl (C=O) groups is 1. The predicted molar refractivity (Wildman–Crippen MR) is 117 cm³/mol. The van der Waals surface area contributed by atoms with E-state index in [1.807, 2.05) is 0 Å². The zero-order valence-corrected chi connectivity index (χ0v) is 17.9. The van der Waals surface area contributed by atoms with E-state index in [2.05, 4.69) is 20.6 Å². The van der Waals surface area contributed by atoms with Crippen molar-refractivity contribution in [2.24, 2.45) is 0 Å². The van der Waals surface area contributed by atoms with Crippen LogP contribution in [-0.2, 0) is 4.79 Å². The Hall–Kier alpha value is -2.97. The van der Waals surface area contributed by atoms with E-state index in [-0.39, 0.29) is 23.1 Å². The van der Waals surface area contributed by atoms with Crippen LogP contribution in [0.25, 0.3) is 10.9 Å². The number of Topliss-reactive ketones (excluding diaryl/α,β-unsaturated/α-hetero) is 1. The number of rotatable bonds is 7. The maximum Gasteiger partial charge on any atom is 0.165 e. The van der Waals surface area contributed by atoms with Crippen LogP contribution >= 0.6 is 11.6 Å². The van der Waals surface area contributed by atoms with Crippen molar-refractivity contribution in [1.82, 2.24) is 15.3 Å². The fourth-order valence-corrected chi connectivity index (χ4v) is 3.87. The Morgan fingerprint density at radius 2 is 2.16 bits per heavy atom. The summed E-state index contributed by atoms with van der Waals surface area (Å²) in [5.41, 5.74) is 0.0684. The standard InChI is InChI=1S/C22H22ClFN4O3/c1-13(29)22(7-4-8-27-22)11-31-19-9-14-17(10-18(19)30-2)25-12-26-21(14)28-16-6-3-5-15(23)20(16)24/h3,5-6,9-10,12,27H,4,7-8,11H2,1-2H3,(H,25,26,28)/t22-/m1/s1. The van der Waals surface area contributed by atoms with Gasteiger partial charge in [0.25, 0.3) is 0 Å². The molecule has 3 aromatic rings. The third-order valence-electron chi connectivity index (χ3n) is 5.52. The van der Waals surface area contributed by atoms with Crippen LogP contribution in [0.3, 0.4) is 0 Å². The summed E-state index contributed by atoms with van der Waals surface area (Å²) in [4.78, 5) is 20.8. The number of hydrogen-bond acceptors (Lipinski definition) is 7. The number of anilines is 2. The first kappa shape index (κ1) is 21.3. The molecule has 2 heterocycles. The molecule has 1 fully saturated rings. The minimum absolute atomic E-state index is 0.00708. The number of halogens is 2. The van der Waals surface area contributed by atoms with Crippen molar-refractivity contribution in [2.75, 3.05) is 25.6 Å². The Bertz CT molecular complexity index is 1140. The largest absolute Gasteiger partial charge is 0.493 e. The molecule has 2 aromatic carbocycles. The monoisotopic (exact) mass is 444 g/mol. The molecule has 1 aliphatic rings. The van der Waals surface area contributed by atoms with E-state index in [0.29, 0.717) is 34.6 Å². The molecule has 0 spiro atoms. The lowest BCUT2D eigenvalue weighted by Crippen LogP contribution is -2.51. The molecule has 0 amide bonds. The third kappa shape index (κ3) is 4.13. The Kier molecular flexibility index (Phi) is 5.93. The van der Waals surface area contributed by atoms with Gasteiger partial charge in [0.15, 0.2) is 23.1 Å². The average Bonchev–Trinajstić information content (AvgIpc) is 3.25. The smallest absolute Gasteiger partial charge is 0.165 e. The number of carbonyl (C=O) groups excluding carboxylic acids is 1. The van der Waals surface area contributed by atoms with E-state index in [0.717, 1.165) is 13.0 Å². The molecule has 2 N–H and O–H groups in total. The summed E-state index contributed by atoms with van der Waals surface area (Å²) in [6, 6.07) is 8.12. The van der Waals surface area contributed by atoms with Gasteiger partial charge in [-0.15, -0.1) is 0 Å². The van der Waals surface area contributed by atoms with Crippen molar-refractivity contribution in [3.63, 3.8) is 0 Å². The van der Waals surface area contributed by atoms with Crippen molar-refractivity contribution in [1.29, 1.82) is 0 Å². The molecule has 0 aliphatic carbocycles. The second-order valence-electron chi connectivity index (χ2n) is 7.43. The van der Waals surface area contributed by atoms with E-state index < -0.39 is 11.4 Å². The van der Waals surface area contributed by atoms with Gasteiger partial charge in [0.05, 0.1) is 23.3 Å². The van der Waals surface area contributed by atoms with E-state index in [9.17, 15) is 9.18 Å². The average molecular weight is 445 g/mol. The Morgan fingerprint density at radius 1 is 1.32 bits per heavy atom. The molecule has 0 radical (unpaired) electrons. The number of methoxy groups -OCH3 is 1. The third-order valence-corrected chi connectivity index (χ3v) is 5.81. The second kappa shape index (κ2) is 8.64. The molecular formula is C22H22ClFN4O3. The molecule has 1 aliphatic heterocycles. The van der Waals surface area contributed by atoms with Gasteiger partial charge in [-0.1, -0.05) is 17.7 Å². The summed E-state index contributed by atoms with van der Waals surface area (Å²) >= 11 is 5.89. The minimum Gasteiger partial charge on any atom is -0.493 e. The molecule has 1 atom stereocenters. The molecule has 162 valence electrons. The Balaban J connectivity index is 1.70. The van der Waals surface area contributed by atoms with Crippen molar-refractivity contribution in [2.45, 2.75) is 25.3 Å². The number of nitrogens with zero attached hydrogens (tertiary/aromatic N) is 2. The fourth-order valence-electron chi connectivity index (χ4n) is 3.70. The van der Waals surface area contributed by atoms with Crippen molar-refractivity contribution in [3.8, 4) is 11.5 Å². The normalized spacial score (nSPS) is 18.2. The number of ketones is 1. The van der Waals surface area contributed by atoms with Crippen LogP contribution in [0.4, 0.5) is 15.9 Å². The lowest BCUT2D eigenvalue weighted by Gasteiger charge is -2.27. The van der Waals surface area contributed by atoms with Crippen molar-refractivity contribution in [3.05, 3.63) is 47.5 Å². The molecule has 7 nitrogen and oxygen atoms in total. The van der Waals surface area contributed by atoms with Gasteiger partial charge in [0.1, 0.15) is 24.3 Å². The van der Waals surface area contributed by atoms with E-state index in [4.69, 9.17) is 21.1 Å². The topological polar surface area (TPSA) is 85.4 Å². The molecule has 1 saturated heterocycles. The van der Waals surface area contributed by atoms with Gasteiger partial charge in [0, 0.05) is 11.5 Å². The van der Waals surface area contributed by atoms with E-state index in [1.165, 1.54) is 19.5 Å². The number of aromatic nitrogens is 2. The van der Waals surface area contributed by atoms with Crippen LogP contribution in [0, 0.1) is 5.82 Å². The first-order valence-corrected chi connectivity index (χ1v) is 10.2. The highest BCUT2D eigenvalue weighted by Crippen LogP contribution is 2.36. The predicted octanol–water partition coefficient (Wildman–Crippen LogP) is 4.26. The van der Waals surface area contributed by atoms with Crippen LogP contribution in [0.5, 0.6) is 11.5 Å². The maximum absolute atomic E-state index is 14.4. The minimum atomic E-state index is -0.710. The lowest BCUT2D eigenvalue weighted by molar-refractivity contribution is -0.123. The van der Waals surface area contributed by atoms with Gasteiger partial charge in [-0.25, -0.2) is 14.4 Å². The summed E-state index contributed by atoms with van der Waals surface area (Å²) in [7, 11) is 1.53. The Labute approximate surface area is 183 Å². The zero-order chi connectivity index (χ0) is 22.0. The first-order valence-electron chi connectivity index (χ1n) is 9.86. The second-order valence-corrected chi connectivity index (χ2v) is 7.83. The van der Waals surface area contributed by atoms with Gasteiger partial charge in [-0.2, -0.15) is 0 Å². The number of hydrogen-bond donors (Lipinski definition) is 2. The SMILES string of the molecule is COc1cc2ncnc(Nc3cccc(Cl)c3F)c2cc1OC[C@@]1(C(C)=O)CCCN1. The van der Waals surface area contributed by atoms with Crippen LogP contribution < -0.4 is 20.1 Å². The molecule has 9 heteroatoms. The number of nitrogens with one attached hydrogen (secondary N) is 2. The quantitative estimate of drug-likeness (QED) is 0.563. The van der Waals surface area contributed by atoms with Crippen molar-refractivity contribution < 1.29 is 18.7 Å². The lowest BCUT2D eigenvalue weighted by atomic mass is 9.94. The van der Waals surface area contributed by atoms with Gasteiger partial charge in [0.2, 0.25) is 0 Å². The summed E-state index contributed by atoms with van der Waals surface area (Å²) in [5, 5.41) is 6.85. The van der Waals surface area contributed by atoms with Crippen molar-refractivity contribution >= 4 is 39.8 Å². The van der Waals surface area contributed by atoms with Crippen LogP contribution in [0.1, 0.15) is 19.8 Å². The highest BCUT2D eigenvalue weighted by molar-refractivity contribution is 6.31. The summed E-state index contributed by atoms with van der Waals surface area (Å²) in [6.45, 7) is 2.50. The highest BCUT2D eigenvalue weighted by Gasteiger charge is 2.39. The molecular weight excluding hydrogens is 423 g/mol. The summed E-state index contributed by atoms with van der Waals surface area (Å²) in [5.74, 6) is 0.763. The number of fused-ring (bicyclic) bond motifs is 1. The molecule has 0 bridgehead atoms. The molecule has 1 aromatic heterocycles. The highest BCUT2D eigenvalue weighted by atomic mass is 35.5. The summed E-state index contributed by atoms with van der Waals surface area (Å²) < 4.78 is 25.9. The number of benzene rings is 2. The van der Waals surface area contributed by atoms with Gasteiger partial charge >= 0.3 is 0 Å². The molecule has 0 unspecified atom stereocenters. The van der Waals surface area contributed by atoms with Gasteiger partial charge in [-0.3, -0.25) is 4.79 Å². The zero-order valence-electron chi connectivity index (χ0n) is 17.2. The molecule has 4 rings (SSSR count). The van der Waals surface area contributed by atoms with E-state index >= 15 is 0 Å². The van der Waals surface area contributed by atoms with Crippen LogP contribution in [-0.4, -0.2) is 41.6 Å². The summed E-state index contributed by atoms with van der Waals surface area (Å²) in [6.07, 6.45) is 2.99. The van der Waals surface area contributed by atoms with Crippen LogP contribution in [0.15, 0.2) is 36.7 Å². The molecule has 0 saturated carbocycles. The van der Waals surface area contributed by atoms with E-state index in [1.54, 1.807) is 31.2 Å². The number of ether oxygens (including phenoxy) is 2. The van der Waals surface area contributed by atoms with Gasteiger partial charge < -0.3 is 20.1 Å². The Morgan fingerprint density at radius 3 is 2.87 bits per heavy atom. The van der Waals surface area contributed by atoms with Gasteiger partial charge in [-0.05, 0) is 44.5 Å². The van der Waals surface area contributed by atoms with Crippen LogP contribution in [0.2, 0.25) is 5.02 Å².